The predicted molar refractivity (Wildman–Crippen MR) is 106 cm³/mol. The van der Waals surface area contributed by atoms with Crippen molar-refractivity contribution in [3.05, 3.63) is 24.3 Å². The van der Waals surface area contributed by atoms with Gasteiger partial charge in [-0.1, -0.05) is 12.1 Å². The number of anilines is 1. The van der Waals surface area contributed by atoms with E-state index in [1.165, 1.54) is 12.8 Å². The zero-order chi connectivity index (χ0) is 19.1. The summed E-state index contributed by atoms with van der Waals surface area (Å²) >= 11 is 0. The Hall–Kier alpha value is -2.08. The Morgan fingerprint density at radius 3 is 2.56 bits per heavy atom. The van der Waals surface area contributed by atoms with E-state index in [4.69, 9.17) is 4.74 Å². The lowest BCUT2D eigenvalue weighted by atomic mass is 9.92. The minimum Gasteiger partial charge on any atom is -0.495 e. The molecule has 2 fully saturated rings. The summed E-state index contributed by atoms with van der Waals surface area (Å²) in [6, 6.07) is 7.43. The third-order valence-electron chi connectivity index (χ3n) is 5.81. The van der Waals surface area contributed by atoms with E-state index in [1.807, 2.05) is 29.2 Å². The summed E-state index contributed by atoms with van der Waals surface area (Å²) in [5.74, 6) is 1.55. The van der Waals surface area contributed by atoms with Crippen molar-refractivity contribution in [2.45, 2.75) is 38.5 Å². The van der Waals surface area contributed by atoms with Gasteiger partial charge in [0.2, 0.25) is 11.8 Å². The number of likely N-dealkylation sites (tertiary alicyclic amines) is 1. The molecule has 148 valence electrons. The zero-order valence-electron chi connectivity index (χ0n) is 16.2. The molecular formula is C21H31N3O3. The van der Waals surface area contributed by atoms with Crippen molar-refractivity contribution in [3.63, 3.8) is 0 Å². The lowest BCUT2D eigenvalue weighted by Crippen LogP contribution is -2.41. The van der Waals surface area contributed by atoms with Crippen LogP contribution in [0.25, 0.3) is 0 Å². The number of para-hydroxylation sites is 2. The average Bonchev–Trinajstić information content (AvgIpc) is 2.73. The van der Waals surface area contributed by atoms with Crippen LogP contribution in [0.4, 0.5) is 5.69 Å². The van der Waals surface area contributed by atoms with Gasteiger partial charge in [0.25, 0.3) is 0 Å². The number of hydrogen-bond donors (Lipinski definition) is 2. The summed E-state index contributed by atoms with van der Waals surface area (Å²) in [4.78, 5) is 27.0. The van der Waals surface area contributed by atoms with Gasteiger partial charge in [-0.3, -0.25) is 9.59 Å². The van der Waals surface area contributed by atoms with Crippen molar-refractivity contribution in [2.24, 2.45) is 11.8 Å². The second-order valence-electron chi connectivity index (χ2n) is 7.58. The van der Waals surface area contributed by atoms with Gasteiger partial charge in [0.15, 0.2) is 0 Å². The van der Waals surface area contributed by atoms with Crippen LogP contribution in [0.3, 0.4) is 0 Å². The van der Waals surface area contributed by atoms with Gasteiger partial charge in [0.1, 0.15) is 5.75 Å². The number of methoxy groups -OCH3 is 1. The number of rotatable bonds is 6. The molecule has 0 radical (unpaired) electrons. The molecule has 0 unspecified atom stereocenters. The van der Waals surface area contributed by atoms with Crippen LogP contribution < -0.4 is 15.4 Å². The van der Waals surface area contributed by atoms with E-state index < -0.39 is 0 Å². The Bertz CT molecular complexity index is 635. The van der Waals surface area contributed by atoms with Crippen molar-refractivity contribution in [2.75, 3.05) is 38.6 Å². The molecule has 0 saturated carbocycles. The number of carbonyl (C=O) groups excluding carboxylic acids is 2. The van der Waals surface area contributed by atoms with Crippen molar-refractivity contribution in [1.29, 1.82) is 0 Å². The molecule has 2 aliphatic heterocycles. The molecule has 2 heterocycles. The van der Waals surface area contributed by atoms with Gasteiger partial charge in [0, 0.05) is 25.4 Å². The molecule has 1 aromatic rings. The van der Waals surface area contributed by atoms with Crippen molar-refractivity contribution < 1.29 is 14.3 Å². The molecule has 0 aliphatic carbocycles. The van der Waals surface area contributed by atoms with Crippen LogP contribution >= 0.6 is 0 Å². The standard InChI is InChI=1S/C21H31N3O3/c1-27-19-5-3-2-4-18(19)23-21(26)17-10-14-24(15-11-17)20(25)7-6-16-8-12-22-13-9-16/h2-5,16-17,22H,6-15H2,1H3,(H,23,26). The van der Waals surface area contributed by atoms with Gasteiger partial charge in [0.05, 0.1) is 12.8 Å². The molecule has 0 atom stereocenters. The largest absolute Gasteiger partial charge is 0.495 e. The van der Waals surface area contributed by atoms with E-state index in [0.29, 0.717) is 36.9 Å². The van der Waals surface area contributed by atoms with Gasteiger partial charge < -0.3 is 20.3 Å². The molecule has 0 aromatic heterocycles. The quantitative estimate of drug-likeness (QED) is 0.804. The van der Waals surface area contributed by atoms with Crippen LogP contribution in [0, 0.1) is 11.8 Å². The van der Waals surface area contributed by atoms with Crippen LogP contribution in [-0.2, 0) is 9.59 Å². The average molecular weight is 373 g/mol. The highest BCUT2D eigenvalue weighted by molar-refractivity contribution is 5.94. The zero-order valence-corrected chi connectivity index (χ0v) is 16.2. The fraction of sp³-hybridized carbons (Fsp3) is 0.619. The van der Waals surface area contributed by atoms with Gasteiger partial charge in [-0.05, 0) is 63.2 Å². The highest BCUT2D eigenvalue weighted by atomic mass is 16.5. The van der Waals surface area contributed by atoms with Crippen LogP contribution in [0.1, 0.15) is 38.5 Å². The maximum Gasteiger partial charge on any atom is 0.227 e. The van der Waals surface area contributed by atoms with Crippen LogP contribution in [0.15, 0.2) is 24.3 Å². The van der Waals surface area contributed by atoms with Gasteiger partial charge in [-0.25, -0.2) is 0 Å². The first-order valence-electron chi connectivity index (χ1n) is 10.1. The molecular weight excluding hydrogens is 342 g/mol. The maximum atomic E-state index is 12.6. The van der Waals surface area contributed by atoms with Crippen molar-refractivity contribution >= 4 is 17.5 Å². The summed E-state index contributed by atoms with van der Waals surface area (Å²) in [6.07, 6.45) is 5.44. The minimum absolute atomic E-state index is 0.0151. The Balaban J connectivity index is 1.42. The Morgan fingerprint density at radius 1 is 1.15 bits per heavy atom. The molecule has 0 bridgehead atoms. The SMILES string of the molecule is COc1ccccc1NC(=O)C1CCN(C(=O)CCC2CCNCC2)CC1. The highest BCUT2D eigenvalue weighted by Gasteiger charge is 2.28. The molecule has 6 nitrogen and oxygen atoms in total. The second-order valence-corrected chi connectivity index (χ2v) is 7.58. The van der Waals surface area contributed by atoms with E-state index in [0.717, 1.165) is 32.4 Å². The molecule has 1 aromatic carbocycles. The monoisotopic (exact) mass is 373 g/mol. The molecule has 2 amide bonds. The third kappa shape index (κ3) is 5.45. The maximum absolute atomic E-state index is 12.6. The van der Waals surface area contributed by atoms with Gasteiger partial charge >= 0.3 is 0 Å². The van der Waals surface area contributed by atoms with E-state index >= 15 is 0 Å². The van der Waals surface area contributed by atoms with Crippen LogP contribution in [0.5, 0.6) is 5.75 Å². The van der Waals surface area contributed by atoms with Crippen LogP contribution in [-0.4, -0.2) is 50.0 Å². The fourth-order valence-electron chi connectivity index (χ4n) is 4.03. The first kappa shape index (κ1) is 19.7. The summed E-state index contributed by atoms with van der Waals surface area (Å²) in [5.41, 5.74) is 0.700. The molecule has 6 heteroatoms. The lowest BCUT2D eigenvalue weighted by molar-refractivity contribution is -0.134. The smallest absolute Gasteiger partial charge is 0.227 e. The lowest BCUT2D eigenvalue weighted by Gasteiger charge is -2.32. The van der Waals surface area contributed by atoms with Gasteiger partial charge in [-0.2, -0.15) is 0 Å². The van der Waals surface area contributed by atoms with E-state index in [9.17, 15) is 9.59 Å². The number of nitrogens with one attached hydrogen (secondary N) is 2. The van der Waals surface area contributed by atoms with Crippen molar-refractivity contribution in [3.8, 4) is 5.75 Å². The topological polar surface area (TPSA) is 70.7 Å². The first-order valence-corrected chi connectivity index (χ1v) is 10.1. The Morgan fingerprint density at radius 2 is 1.85 bits per heavy atom. The van der Waals surface area contributed by atoms with E-state index in [2.05, 4.69) is 10.6 Å². The number of hydrogen-bond acceptors (Lipinski definition) is 4. The number of nitrogens with zero attached hydrogens (tertiary/aromatic N) is 1. The van der Waals surface area contributed by atoms with Gasteiger partial charge in [-0.15, -0.1) is 0 Å². The molecule has 0 spiro atoms. The Kier molecular flexibility index (Phi) is 7.10. The van der Waals surface area contributed by atoms with Crippen LogP contribution in [0.2, 0.25) is 0 Å². The highest BCUT2D eigenvalue weighted by Crippen LogP contribution is 2.26. The number of piperidine rings is 2. The number of benzene rings is 1. The fourth-order valence-corrected chi connectivity index (χ4v) is 4.03. The summed E-state index contributed by atoms with van der Waals surface area (Å²) in [5, 5.41) is 6.33. The second kappa shape index (κ2) is 9.74. The molecule has 3 rings (SSSR count). The Labute approximate surface area is 161 Å². The minimum atomic E-state index is -0.0524. The summed E-state index contributed by atoms with van der Waals surface area (Å²) in [6.45, 7) is 3.50. The van der Waals surface area contributed by atoms with Crippen molar-refractivity contribution in [1.82, 2.24) is 10.2 Å². The van der Waals surface area contributed by atoms with E-state index in [1.54, 1.807) is 7.11 Å². The number of ether oxygens (including phenoxy) is 1. The number of amides is 2. The number of carbonyl (C=O) groups is 2. The molecule has 2 saturated heterocycles. The normalized spacial score (nSPS) is 18.9. The third-order valence-corrected chi connectivity index (χ3v) is 5.81. The predicted octanol–water partition coefficient (Wildman–Crippen LogP) is 2.65. The molecule has 2 aliphatic rings. The molecule has 2 N–H and O–H groups in total. The van der Waals surface area contributed by atoms with E-state index in [-0.39, 0.29) is 17.7 Å². The first-order chi connectivity index (χ1) is 13.2. The molecule has 27 heavy (non-hydrogen) atoms. The summed E-state index contributed by atoms with van der Waals surface area (Å²) < 4.78 is 5.29. The summed E-state index contributed by atoms with van der Waals surface area (Å²) in [7, 11) is 1.60.